The molecule has 0 spiro atoms. The van der Waals surface area contributed by atoms with Gasteiger partial charge in [0.25, 0.3) is 0 Å². The molecule has 25 heavy (non-hydrogen) atoms. The zero-order valence-corrected chi connectivity index (χ0v) is 16.2. The lowest BCUT2D eigenvalue weighted by atomic mass is 10.1. The molecule has 0 aliphatic rings. The zero-order valence-electron chi connectivity index (χ0n) is 16.2. The number of nitrogens with zero attached hydrogens (tertiary/aromatic N) is 1. The lowest BCUT2D eigenvalue weighted by Crippen LogP contribution is -2.35. The summed E-state index contributed by atoms with van der Waals surface area (Å²) >= 11 is 0. The number of hydrogen-bond acceptors (Lipinski definition) is 3. The van der Waals surface area contributed by atoms with Gasteiger partial charge in [0.15, 0.2) is 0 Å². The fourth-order valence-electron chi connectivity index (χ4n) is 2.49. The number of carbonyl (C=O) groups is 1. The summed E-state index contributed by atoms with van der Waals surface area (Å²) in [5.41, 5.74) is 0. The first-order valence-electron chi connectivity index (χ1n) is 9.80. The maximum absolute atomic E-state index is 12.4. The van der Waals surface area contributed by atoms with Crippen molar-refractivity contribution in [3.63, 3.8) is 0 Å². The summed E-state index contributed by atoms with van der Waals surface area (Å²) < 4.78 is 11.2. The first-order valence-corrected chi connectivity index (χ1v) is 9.80. The number of hydrogen-bond donors (Lipinski definition) is 0. The van der Waals surface area contributed by atoms with Gasteiger partial charge in [-0.15, -0.1) is 0 Å². The molecule has 4 heteroatoms. The molecule has 1 aromatic rings. The van der Waals surface area contributed by atoms with Crippen LogP contribution in [0.5, 0.6) is 5.75 Å². The van der Waals surface area contributed by atoms with Crippen LogP contribution in [-0.4, -0.2) is 36.8 Å². The van der Waals surface area contributed by atoms with Crippen molar-refractivity contribution < 1.29 is 14.3 Å². The normalized spacial score (nSPS) is 11.8. The van der Waals surface area contributed by atoms with E-state index >= 15 is 0 Å². The Morgan fingerprint density at radius 3 is 2.36 bits per heavy atom. The molecule has 1 aromatic carbocycles. The second-order valence-corrected chi connectivity index (χ2v) is 6.52. The van der Waals surface area contributed by atoms with Gasteiger partial charge >= 0.3 is 6.09 Å². The van der Waals surface area contributed by atoms with Crippen molar-refractivity contribution in [2.24, 2.45) is 0 Å². The Kier molecular flexibility index (Phi) is 11.6. The van der Waals surface area contributed by atoms with Crippen molar-refractivity contribution in [1.29, 1.82) is 0 Å². The van der Waals surface area contributed by atoms with Crippen LogP contribution in [0.25, 0.3) is 0 Å². The molecular weight excluding hydrogens is 314 g/mol. The van der Waals surface area contributed by atoms with Gasteiger partial charge in [-0.3, -0.25) is 0 Å². The second kappa shape index (κ2) is 13.6. The van der Waals surface area contributed by atoms with Gasteiger partial charge in [-0.2, -0.15) is 0 Å². The van der Waals surface area contributed by atoms with E-state index in [2.05, 4.69) is 6.92 Å². The van der Waals surface area contributed by atoms with E-state index < -0.39 is 0 Å². The van der Waals surface area contributed by atoms with E-state index in [4.69, 9.17) is 9.47 Å². The fourth-order valence-corrected chi connectivity index (χ4v) is 2.49. The monoisotopic (exact) mass is 349 g/mol. The third-order valence-electron chi connectivity index (χ3n) is 4.25. The molecule has 1 amide bonds. The van der Waals surface area contributed by atoms with Crippen molar-refractivity contribution in [3.8, 4) is 5.75 Å². The van der Waals surface area contributed by atoms with Crippen LogP contribution in [0.1, 0.15) is 65.7 Å². The predicted molar refractivity (Wildman–Crippen MR) is 103 cm³/mol. The minimum Gasteiger partial charge on any atom is -0.494 e. The summed E-state index contributed by atoms with van der Waals surface area (Å²) in [4.78, 5) is 14.2. The molecule has 0 N–H and O–H groups in total. The Labute approximate surface area is 153 Å². The van der Waals surface area contributed by atoms with Crippen LogP contribution in [0.2, 0.25) is 0 Å². The smallest absolute Gasteiger partial charge is 0.410 e. The average Bonchev–Trinajstić information content (AvgIpc) is 2.63. The van der Waals surface area contributed by atoms with Crippen molar-refractivity contribution >= 4 is 6.09 Å². The summed E-state index contributed by atoms with van der Waals surface area (Å²) in [5, 5.41) is 0. The molecule has 1 atom stereocenters. The number of para-hydroxylation sites is 1. The Bertz CT molecular complexity index is 450. The molecule has 0 saturated carbocycles. The highest BCUT2D eigenvalue weighted by Crippen LogP contribution is 2.10. The average molecular weight is 350 g/mol. The molecule has 142 valence electrons. The van der Waals surface area contributed by atoms with E-state index in [1.165, 1.54) is 25.7 Å². The van der Waals surface area contributed by atoms with Crippen LogP contribution < -0.4 is 4.74 Å². The molecular formula is C21H35NO3. The van der Waals surface area contributed by atoms with E-state index in [1.807, 2.05) is 49.1 Å². The first kappa shape index (κ1) is 21.3. The lowest BCUT2D eigenvalue weighted by molar-refractivity contribution is 0.0664. The van der Waals surface area contributed by atoms with E-state index in [-0.39, 0.29) is 12.2 Å². The number of rotatable bonds is 13. The van der Waals surface area contributed by atoms with Gasteiger partial charge in [0.1, 0.15) is 11.9 Å². The van der Waals surface area contributed by atoms with Gasteiger partial charge in [0.2, 0.25) is 0 Å². The number of benzene rings is 1. The highest BCUT2D eigenvalue weighted by Gasteiger charge is 2.16. The summed E-state index contributed by atoms with van der Waals surface area (Å²) in [6, 6.07) is 9.78. The van der Waals surface area contributed by atoms with Gasteiger partial charge in [0.05, 0.1) is 6.61 Å². The van der Waals surface area contributed by atoms with E-state index in [0.29, 0.717) is 13.2 Å². The molecule has 0 saturated heterocycles. The van der Waals surface area contributed by atoms with E-state index in [1.54, 1.807) is 0 Å². The van der Waals surface area contributed by atoms with Crippen molar-refractivity contribution in [2.45, 2.75) is 71.8 Å². The second-order valence-electron chi connectivity index (χ2n) is 6.52. The Balaban J connectivity index is 2.36. The van der Waals surface area contributed by atoms with Crippen LogP contribution >= 0.6 is 0 Å². The van der Waals surface area contributed by atoms with Crippen LogP contribution in [0.15, 0.2) is 30.3 Å². The quantitative estimate of drug-likeness (QED) is 0.431. The Morgan fingerprint density at radius 1 is 1.00 bits per heavy atom. The molecule has 1 rings (SSSR count). The third kappa shape index (κ3) is 10.0. The highest BCUT2D eigenvalue weighted by atomic mass is 16.6. The number of ether oxygens (including phenoxy) is 2. The topological polar surface area (TPSA) is 38.8 Å². The fraction of sp³-hybridized carbons (Fsp3) is 0.667. The number of carbonyl (C=O) groups excluding carboxylic acids is 1. The molecule has 4 nitrogen and oxygen atoms in total. The van der Waals surface area contributed by atoms with E-state index in [0.717, 1.165) is 31.6 Å². The molecule has 0 heterocycles. The Morgan fingerprint density at radius 2 is 1.68 bits per heavy atom. The molecule has 0 aliphatic heterocycles. The minimum absolute atomic E-state index is 0.0318. The van der Waals surface area contributed by atoms with Crippen LogP contribution in [-0.2, 0) is 4.74 Å². The standard InChI is InChI=1S/C21H35NO3/c1-4-6-7-8-12-16-22(21(23)25-19(3)5-2)17-13-18-24-20-14-10-9-11-15-20/h9-11,14-15,19H,4-8,12-13,16-18H2,1-3H3. The zero-order chi connectivity index (χ0) is 18.3. The number of unbranched alkanes of at least 4 members (excludes halogenated alkanes) is 4. The molecule has 1 unspecified atom stereocenters. The SMILES string of the molecule is CCCCCCCN(CCCOc1ccccc1)C(=O)OC(C)CC. The summed E-state index contributed by atoms with van der Waals surface area (Å²) in [5.74, 6) is 0.871. The Hall–Kier alpha value is -1.71. The lowest BCUT2D eigenvalue weighted by Gasteiger charge is -2.24. The largest absolute Gasteiger partial charge is 0.494 e. The van der Waals surface area contributed by atoms with Crippen molar-refractivity contribution in [2.75, 3.05) is 19.7 Å². The van der Waals surface area contributed by atoms with Crippen molar-refractivity contribution in [3.05, 3.63) is 30.3 Å². The van der Waals surface area contributed by atoms with Gasteiger partial charge in [0, 0.05) is 13.1 Å². The summed E-state index contributed by atoms with van der Waals surface area (Å²) in [7, 11) is 0. The van der Waals surface area contributed by atoms with Crippen molar-refractivity contribution in [1.82, 2.24) is 4.90 Å². The minimum atomic E-state index is -0.190. The number of amides is 1. The van der Waals surface area contributed by atoms with Crippen LogP contribution in [0.3, 0.4) is 0 Å². The molecule has 0 aromatic heterocycles. The van der Waals surface area contributed by atoms with Crippen LogP contribution in [0, 0.1) is 0 Å². The molecule has 0 fully saturated rings. The molecule has 0 bridgehead atoms. The van der Waals surface area contributed by atoms with E-state index in [9.17, 15) is 4.79 Å². The van der Waals surface area contributed by atoms with Gasteiger partial charge < -0.3 is 14.4 Å². The van der Waals surface area contributed by atoms with Crippen LogP contribution in [0.4, 0.5) is 4.79 Å². The molecule has 0 radical (unpaired) electrons. The highest BCUT2D eigenvalue weighted by molar-refractivity contribution is 5.67. The summed E-state index contributed by atoms with van der Waals surface area (Å²) in [6.07, 6.45) is 7.37. The van der Waals surface area contributed by atoms with Gasteiger partial charge in [-0.25, -0.2) is 4.79 Å². The van der Waals surface area contributed by atoms with Gasteiger partial charge in [-0.1, -0.05) is 57.7 Å². The first-order chi connectivity index (χ1) is 12.2. The maximum atomic E-state index is 12.4. The third-order valence-corrected chi connectivity index (χ3v) is 4.25. The maximum Gasteiger partial charge on any atom is 0.410 e. The predicted octanol–water partition coefficient (Wildman–Crippen LogP) is 5.66. The summed E-state index contributed by atoms with van der Waals surface area (Å²) in [6.45, 7) is 8.23. The molecule has 0 aliphatic carbocycles. The van der Waals surface area contributed by atoms with Gasteiger partial charge in [-0.05, 0) is 38.3 Å².